The predicted octanol–water partition coefficient (Wildman–Crippen LogP) is 3.95. The van der Waals surface area contributed by atoms with Gasteiger partial charge in [0.1, 0.15) is 11.5 Å². The van der Waals surface area contributed by atoms with Crippen molar-refractivity contribution < 1.29 is 4.79 Å². The maximum Gasteiger partial charge on any atom is 0.275 e. The summed E-state index contributed by atoms with van der Waals surface area (Å²) < 4.78 is 0. The van der Waals surface area contributed by atoms with Crippen molar-refractivity contribution in [1.29, 1.82) is 0 Å². The molecule has 23 heavy (non-hydrogen) atoms. The molecule has 0 bridgehead atoms. The molecular formula is C18H24N4O. The van der Waals surface area contributed by atoms with Crippen LogP contribution in [0.3, 0.4) is 0 Å². The summed E-state index contributed by atoms with van der Waals surface area (Å²) in [6.07, 6.45) is 6.58. The smallest absolute Gasteiger partial charge is 0.275 e. The average molecular weight is 312 g/mol. The molecule has 5 heteroatoms. The van der Waals surface area contributed by atoms with Gasteiger partial charge in [0.15, 0.2) is 0 Å². The van der Waals surface area contributed by atoms with Crippen LogP contribution in [0.2, 0.25) is 0 Å². The summed E-state index contributed by atoms with van der Waals surface area (Å²) in [5, 5.41) is 6.09. The number of carbonyl (C=O) groups excluding carboxylic acids is 1. The standard InChI is InChI=1S/C18H24N4O/c1-4-5-6-9-19-17-12-20-16(11-21-17)18(23)22-15-10-13(2)7-8-14(15)3/h7-8,10-12H,4-6,9H2,1-3H3,(H,19,21)(H,22,23). The van der Waals surface area contributed by atoms with E-state index in [1.807, 2.05) is 32.0 Å². The zero-order valence-electron chi connectivity index (χ0n) is 14.0. The van der Waals surface area contributed by atoms with Gasteiger partial charge >= 0.3 is 0 Å². The quantitative estimate of drug-likeness (QED) is 0.760. The van der Waals surface area contributed by atoms with Gasteiger partial charge in [-0.2, -0.15) is 0 Å². The van der Waals surface area contributed by atoms with Crippen LogP contribution < -0.4 is 10.6 Å². The Morgan fingerprint density at radius 2 is 1.96 bits per heavy atom. The number of nitrogens with one attached hydrogen (secondary N) is 2. The van der Waals surface area contributed by atoms with Gasteiger partial charge in [-0.3, -0.25) is 4.79 Å². The first-order chi connectivity index (χ1) is 11.1. The fraction of sp³-hybridized carbons (Fsp3) is 0.389. The van der Waals surface area contributed by atoms with Crippen LogP contribution >= 0.6 is 0 Å². The highest BCUT2D eigenvalue weighted by Crippen LogP contribution is 2.17. The SMILES string of the molecule is CCCCCNc1cnc(C(=O)Nc2cc(C)ccc2C)cn1. The normalized spacial score (nSPS) is 10.4. The van der Waals surface area contributed by atoms with E-state index in [0.717, 1.165) is 29.8 Å². The molecule has 1 heterocycles. The van der Waals surface area contributed by atoms with Gasteiger partial charge in [0.25, 0.3) is 5.91 Å². The van der Waals surface area contributed by atoms with E-state index in [0.29, 0.717) is 11.5 Å². The number of benzene rings is 1. The number of anilines is 2. The highest BCUT2D eigenvalue weighted by atomic mass is 16.1. The second-order valence-corrected chi connectivity index (χ2v) is 5.69. The molecule has 2 rings (SSSR count). The molecule has 0 fully saturated rings. The minimum Gasteiger partial charge on any atom is -0.369 e. The third kappa shape index (κ3) is 5.06. The van der Waals surface area contributed by atoms with Crippen LogP contribution in [-0.4, -0.2) is 22.4 Å². The van der Waals surface area contributed by atoms with Crippen LogP contribution in [0.4, 0.5) is 11.5 Å². The highest BCUT2D eigenvalue weighted by molar-refractivity contribution is 6.03. The zero-order valence-corrected chi connectivity index (χ0v) is 14.0. The van der Waals surface area contributed by atoms with E-state index in [1.165, 1.54) is 19.0 Å². The summed E-state index contributed by atoms with van der Waals surface area (Å²) in [5.41, 5.74) is 3.23. The molecule has 0 saturated heterocycles. The van der Waals surface area contributed by atoms with Gasteiger partial charge < -0.3 is 10.6 Å². The molecule has 0 spiro atoms. The molecule has 0 aliphatic rings. The van der Waals surface area contributed by atoms with Crippen LogP contribution in [0.25, 0.3) is 0 Å². The van der Waals surface area contributed by atoms with Gasteiger partial charge in [-0.25, -0.2) is 9.97 Å². The summed E-state index contributed by atoms with van der Waals surface area (Å²) in [6, 6.07) is 5.95. The Labute approximate surface area is 137 Å². The minimum absolute atomic E-state index is 0.247. The van der Waals surface area contributed by atoms with E-state index in [-0.39, 0.29) is 5.91 Å². The van der Waals surface area contributed by atoms with Crippen molar-refractivity contribution in [3.63, 3.8) is 0 Å². The number of unbranched alkanes of at least 4 members (excludes halogenated alkanes) is 2. The lowest BCUT2D eigenvalue weighted by Gasteiger charge is -2.09. The maximum absolute atomic E-state index is 12.3. The molecule has 2 aromatic rings. The van der Waals surface area contributed by atoms with Gasteiger partial charge in [0.2, 0.25) is 0 Å². The van der Waals surface area contributed by atoms with E-state index in [4.69, 9.17) is 0 Å². The summed E-state index contributed by atoms with van der Waals surface area (Å²) in [7, 11) is 0. The molecule has 0 unspecified atom stereocenters. The zero-order chi connectivity index (χ0) is 16.7. The minimum atomic E-state index is -0.247. The van der Waals surface area contributed by atoms with Crippen molar-refractivity contribution >= 4 is 17.4 Å². The van der Waals surface area contributed by atoms with Crippen molar-refractivity contribution in [3.8, 4) is 0 Å². The Bertz CT molecular complexity index is 653. The molecule has 0 aliphatic carbocycles. The highest BCUT2D eigenvalue weighted by Gasteiger charge is 2.10. The first-order valence-electron chi connectivity index (χ1n) is 8.04. The molecule has 0 aliphatic heterocycles. The first-order valence-corrected chi connectivity index (χ1v) is 8.04. The average Bonchev–Trinajstić information content (AvgIpc) is 2.55. The fourth-order valence-electron chi connectivity index (χ4n) is 2.18. The second-order valence-electron chi connectivity index (χ2n) is 5.69. The van der Waals surface area contributed by atoms with E-state index in [9.17, 15) is 4.79 Å². The molecule has 122 valence electrons. The molecular weight excluding hydrogens is 288 g/mol. The van der Waals surface area contributed by atoms with Gasteiger partial charge in [0.05, 0.1) is 12.4 Å². The number of rotatable bonds is 7. The number of amides is 1. The molecule has 0 saturated carbocycles. The molecule has 0 radical (unpaired) electrons. The lowest BCUT2D eigenvalue weighted by Crippen LogP contribution is -2.15. The molecule has 1 aromatic heterocycles. The Kier molecular flexibility index (Phi) is 6.09. The first kappa shape index (κ1) is 16.9. The van der Waals surface area contributed by atoms with Gasteiger partial charge in [-0.05, 0) is 37.5 Å². The van der Waals surface area contributed by atoms with Crippen molar-refractivity contribution in [2.24, 2.45) is 0 Å². The molecule has 0 atom stereocenters. The molecule has 5 nitrogen and oxygen atoms in total. The number of carbonyl (C=O) groups is 1. The van der Waals surface area contributed by atoms with E-state index in [2.05, 4.69) is 27.5 Å². The van der Waals surface area contributed by atoms with Crippen molar-refractivity contribution in [2.75, 3.05) is 17.2 Å². The Hall–Kier alpha value is -2.43. The lowest BCUT2D eigenvalue weighted by molar-refractivity contribution is 0.102. The third-order valence-electron chi connectivity index (χ3n) is 3.61. The van der Waals surface area contributed by atoms with Gasteiger partial charge in [0, 0.05) is 12.2 Å². The third-order valence-corrected chi connectivity index (χ3v) is 3.61. The van der Waals surface area contributed by atoms with E-state index >= 15 is 0 Å². The number of hydrogen-bond donors (Lipinski definition) is 2. The second kappa shape index (κ2) is 8.27. The van der Waals surface area contributed by atoms with Crippen LogP contribution in [-0.2, 0) is 0 Å². The largest absolute Gasteiger partial charge is 0.369 e. The molecule has 2 N–H and O–H groups in total. The number of hydrogen-bond acceptors (Lipinski definition) is 4. The monoisotopic (exact) mass is 312 g/mol. The van der Waals surface area contributed by atoms with Crippen LogP contribution in [0.1, 0.15) is 47.8 Å². The van der Waals surface area contributed by atoms with Crippen LogP contribution in [0, 0.1) is 13.8 Å². The van der Waals surface area contributed by atoms with Crippen LogP contribution in [0.15, 0.2) is 30.6 Å². The van der Waals surface area contributed by atoms with E-state index in [1.54, 1.807) is 6.20 Å². The van der Waals surface area contributed by atoms with E-state index < -0.39 is 0 Å². The van der Waals surface area contributed by atoms with Crippen molar-refractivity contribution in [1.82, 2.24) is 9.97 Å². The maximum atomic E-state index is 12.3. The van der Waals surface area contributed by atoms with Gasteiger partial charge in [-0.1, -0.05) is 31.9 Å². The molecule has 1 aromatic carbocycles. The summed E-state index contributed by atoms with van der Waals surface area (Å²) in [5.74, 6) is 0.452. The van der Waals surface area contributed by atoms with Crippen molar-refractivity contribution in [2.45, 2.75) is 40.0 Å². The topological polar surface area (TPSA) is 66.9 Å². The van der Waals surface area contributed by atoms with Crippen molar-refractivity contribution in [3.05, 3.63) is 47.4 Å². The summed E-state index contributed by atoms with van der Waals surface area (Å²) in [6.45, 7) is 7.00. The number of aromatic nitrogens is 2. The number of nitrogens with zero attached hydrogens (tertiary/aromatic N) is 2. The predicted molar refractivity (Wildman–Crippen MR) is 93.9 cm³/mol. The Morgan fingerprint density at radius 1 is 1.13 bits per heavy atom. The Balaban J connectivity index is 1.96. The summed E-state index contributed by atoms with van der Waals surface area (Å²) >= 11 is 0. The van der Waals surface area contributed by atoms with Crippen LogP contribution in [0.5, 0.6) is 0 Å². The lowest BCUT2D eigenvalue weighted by atomic mass is 10.1. The number of aryl methyl sites for hydroxylation is 2. The Morgan fingerprint density at radius 3 is 2.65 bits per heavy atom. The summed E-state index contributed by atoms with van der Waals surface area (Å²) in [4.78, 5) is 20.7. The van der Waals surface area contributed by atoms with Gasteiger partial charge in [-0.15, -0.1) is 0 Å². The molecule has 1 amide bonds. The fourth-order valence-corrected chi connectivity index (χ4v) is 2.18.